The summed E-state index contributed by atoms with van der Waals surface area (Å²) in [4.78, 5) is 3.44. The molecule has 0 bridgehead atoms. The number of rotatable bonds is 3. The first-order chi connectivity index (χ1) is 9.31. The Hall–Kier alpha value is -0.890. The van der Waals surface area contributed by atoms with Crippen LogP contribution in [0.25, 0.3) is 0 Å². The van der Waals surface area contributed by atoms with Crippen molar-refractivity contribution in [3.63, 3.8) is 0 Å². The zero-order valence-electron chi connectivity index (χ0n) is 9.57. The number of aromatic nitrogens is 1. The van der Waals surface area contributed by atoms with Crippen LogP contribution in [0, 0.1) is 5.82 Å². The van der Waals surface area contributed by atoms with Gasteiger partial charge in [-0.05, 0) is 34.1 Å². The highest BCUT2D eigenvalue weighted by Gasteiger charge is 2.21. The lowest BCUT2D eigenvalue weighted by Gasteiger charge is -2.10. The molecule has 0 aliphatic carbocycles. The fraction of sp³-hybridized carbons (Fsp3) is 0. The second-order valence-corrected chi connectivity index (χ2v) is 6.98. The number of nitrogens with zero attached hydrogens (tertiary/aromatic N) is 1. The van der Waals surface area contributed by atoms with Crippen molar-refractivity contribution in [2.45, 2.75) is 4.90 Å². The summed E-state index contributed by atoms with van der Waals surface area (Å²) in [7, 11) is -4.08. The normalized spacial score (nSPS) is 11.4. The highest BCUT2D eigenvalue weighted by Crippen LogP contribution is 2.27. The van der Waals surface area contributed by atoms with Crippen molar-refractivity contribution in [3.05, 3.63) is 50.9 Å². The maximum absolute atomic E-state index is 13.7. The van der Waals surface area contributed by atoms with Crippen LogP contribution in [0.15, 0.2) is 39.8 Å². The molecule has 0 saturated carbocycles. The maximum atomic E-state index is 13.7. The molecule has 0 saturated heterocycles. The van der Waals surface area contributed by atoms with Gasteiger partial charge in [-0.15, -0.1) is 0 Å². The highest BCUT2D eigenvalue weighted by atomic mass is 79.9. The third kappa shape index (κ3) is 3.22. The van der Waals surface area contributed by atoms with Crippen LogP contribution in [-0.4, -0.2) is 13.4 Å². The van der Waals surface area contributed by atoms with Crippen LogP contribution in [0.3, 0.4) is 0 Å². The lowest BCUT2D eigenvalue weighted by molar-refractivity contribution is 0.598. The van der Waals surface area contributed by atoms with E-state index in [0.29, 0.717) is 4.47 Å². The topological polar surface area (TPSA) is 59.1 Å². The van der Waals surface area contributed by atoms with Crippen LogP contribution >= 0.6 is 39.1 Å². The summed E-state index contributed by atoms with van der Waals surface area (Å²) in [5.41, 5.74) is -0.270. The number of sulfonamides is 1. The summed E-state index contributed by atoms with van der Waals surface area (Å²) < 4.78 is 40.6. The minimum atomic E-state index is -4.08. The van der Waals surface area contributed by atoms with Crippen LogP contribution in [0.4, 0.5) is 10.1 Å². The molecule has 2 rings (SSSR count). The van der Waals surface area contributed by atoms with Crippen LogP contribution in [0.1, 0.15) is 0 Å². The van der Waals surface area contributed by atoms with E-state index in [2.05, 4.69) is 25.6 Å². The van der Waals surface area contributed by atoms with Crippen molar-refractivity contribution in [1.29, 1.82) is 0 Å². The largest absolute Gasteiger partial charge is 0.277 e. The quantitative estimate of drug-likeness (QED) is 0.790. The first-order valence-electron chi connectivity index (χ1n) is 5.09. The SMILES string of the molecule is O=S(=O)(Nc1cccc(Cl)c1F)c1cc(Br)cnc1Cl. The van der Waals surface area contributed by atoms with Crippen molar-refractivity contribution in [1.82, 2.24) is 4.98 Å². The van der Waals surface area contributed by atoms with Gasteiger partial charge in [0.1, 0.15) is 10.0 Å². The molecule has 4 nitrogen and oxygen atoms in total. The lowest BCUT2D eigenvalue weighted by atomic mass is 10.3. The summed E-state index contributed by atoms with van der Waals surface area (Å²) in [5, 5.41) is -0.410. The van der Waals surface area contributed by atoms with Gasteiger partial charge in [0, 0.05) is 10.7 Å². The summed E-state index contributed by atoms with van der Waals surface area (Å²) >= 11 is 14.4. The number of nitrogens with one attached hydrogen (secondary N) is 1. The van der Waals surface area contributed by atoms with E-state index in [4.69, 9.17) is 23.2 Å². The first-order valence-corrected chi connectivity index (χ1v) is 8.12. The van der Waals surface area contributed by atoms with Gasteiger partial charge in [0.2, 0.25) is 0 Å². The number of pyridine rings is 1. The average molecular weight is 400 g/mol. The van der Waals surface area contributed by atoms with Crippen LogP contribution in [0.2, 0.25) is 10.2 Å². The van der Waals surface area contributed by atoms with Crippen molar-refractivity contribution in [2.75, 3.05) is 4.72 Å². The van der Waals surface area contributed by atoms with Crippen LogP contribution in [0.5, 0.6) is 0 Å². The van der Waals surface area contributed by atoms with Crippen LogP contribution in [-0.2, 0) is 10.0 Å². The van der Waals surface area contributed by atoms with Gasteiger partial charge >= 0.3 is 0 Å². The molecule has 0 radical (unpaired) electrons. The molecule has 1 aromatic heterocycles. The van der Waals surface area contributed by atoms with Crippen molar-refractivity contribution in [2.24, 2.45) is 0 Å². The zero-order valence-corrected chi connectivity index (χ0v) is 13.5. The molecule has 106 valence electrons. The second kappa shape index (κ2) is 5.85. The molecule has 0 fully saturated rings. The van der Waals surface area contributed by atoms with E-state index in [1.807, 2.05) is 0 Å². The minimum Gasteiger partial charge on any atom is -0.277 e. The Balaban J connectivity index is 2.46. The van der Waals surface area contributed by atoms with Gasteiger partial charge in [-0.25, -0.2) is 17.8 Å². The van der Waals surface area contributed by atoms with Gasteiger partial charge in [0.15, 0.2) is 5.82 Å². The summed E-state index contributed by atoms with van der Waals surface area (Å²) in [6, 6.07) is 5.24. The third-order valence-corrected chi connectivity index (χ3v) is 4.78. The van der Waals surface area contributed by atoms with E-state index in [1.54, 1.807) is 0 Å². The fourth-order valence-electron chi connectivity index (χ4n) is 1.37. The Morgan fingerprint density at radius 3 is 2.70 bits per heavy atom. The summed E-state index contributed by atoms with van der Waals surface area (Å²) in [6.07, 6.45) is 1.35. The van der Waals surface area contributed by atoms with Crippen molar-refractivity contribution < 1.29 is 12.8 Å². The minimum absolute atomic E-state index is 0.191. The van der Waals surface area contributed by atoms with Gasteiger partial charge < -0.3 is 0 Å². The average Bonchev–Trinajstić information content (AvgIpc) is 2.37. The lowest BCUT2D eigenvalue weighted by Crippen LogP contribution is -2.15. The van der Waals surface area contributed by atoms with Crippen molar-refractivity contribution in [3.8, 4) is 0 Å². The molecular weight excluding hydrogens is 394 g/mol. The molecule has 1 heterocycles. The number of anilines is 1. The van der Waals surface area contributed by atoms with Gasteiger partial charge in [0.25, 0.3) is 10.0 Å². The Kier molecular flexibility index (Phi) is 4.53. The van der Waals surface area contributed by atoms with E-state index >= 15 is 0 Å². The molecule has 1 aromatic carbocycles. The van der Waals surface area contributed by atoms with Gasteiger partial charge in [0.05, 0.1) is 10.7 Å². The van der Waals surface area contributed by atoms with E-state index in [-0.39, 0.29) is 20.8 Å². The van der Waals surface area contributed by atoms with Crippen molar-refractivity contribution >= 4 is 54.8 Å². The van der Waals surface area contributed by atoms with E-state index in [1.165, 1.54) is 30.5 Å². The molecule has 0 amide bonds. The van der Waals surface area contributed by atoms with Gasteiger partial charge in [-0.3, -0.25) is 4.72 Å². The first kappa shape index (κ1) is 15.5. The van der Waals surface area contributed by atoms with Gasteiger partial charge in [-0.2, -0.15) is 0 Å². The zero-order chi connectivity index (χ0) is 14.9. The maximum Gasteiger partial charge on any atom is 0.265 e. The molecule has 1 N–H and O–H groups in total. The smallest absolute Gasteiger partial charge is 0.265 e. The standard InChI is InChI=1S/C11H6BrCl2FN2O2S/c12-6-4-9(11(14)16-5-6)20(18,19)17-8-3-1-2-7(13)10(8)15/h1-5,17H. The molecular formula is C11H6BrCl2FN2O2S. The Labute approximate surface area is 133 Å². The molecule has 2 aromatic rings. The number of benzene rings is 1. The molecule has 0 atom stereocenters. The number of hydrogen-bond donors (Lipinski definition) is 1. The van der Waals surface area contributed by atoms with E-state index < -0.39 is 15.8 Å². The third-order valence-electron chi connectivity index (χ3n) is 2.26. The second-order valence-electron chi connectivity index (χ2n) is 3.65. The predicted octanol–water partition coefficient (Wildman–Crippen LogP) is 4.09. The molecule has 0 spiro atoms. The van der Waals surface area contributed by atoms with Gasteiger partial charge in [-0.1, -0.05) is 29.3 Å². The number of hydrogen-bond acceptors (Lipinski definition) is 3. The Morgan fingerprint density at radius 1 is 1.30 bits per heavy atom. The molecule has 20 heavy (non-hydrogen) atoms. The Bertz CT molecular complexity index is 771. The molecule has 0 unspecified atom stereocenters. The molecule has 0 aliphatic rings. The fourth-order valence-corrected chi connectivity index (χ4v) is 3.55. The number of halogens is 4. The summed E-state index contributed by atoms with van der Waals surface area (Å²) in [5.74, 6) is -0.864. The monoisotopic (exact) mass is 398 g/mol. The Morgan fingerprint density at radius 2 is 2.00 bits per heavy atom. The van der Waals surface area contributed by atoms with Crippen LogP contribution < -0.4 is 4.72 Å². The highest BCUT2D eigenvalue weighted by molar-refractivity contribution is 9.10. The molecule has 0 aliphatic heterocycles. The van der Waals surface area contributed by atoms with E-state index in [0.717, 1.165) is 0 Å². The summed E-state index contributed by atoms with van der Waals surface area (Å²) in [6.45, 7) is 0. The van der Waals surface area contributed by atoms with E-state index in [9.17, 15) is 12.8 Å². The predicted molar refractivity (Wildman–Crippen MR) is 79.2 cm³/mol. The molecule has 9 heteroatoms.